The van der Waals surface area contributed by atoms with Gasteiger partial charge in [-0.15, -0.1) is 0 Å². The second kappa shape index (κ2) is 9.24. The second-order valence-corrected chi connectivity index (χ2v) is 9.78. The Morgan fingerprint density at radius 1 is 1.07 bits per heavy atom. The van der Waals surface area contributed by atoms with E-state index in [1.807, 2.05) is 12.1 Å². The molecule has 156 valence electrons. The molecule has 0 unspecified atom stereocenters. The van der Waals surface area contributed by atoms with Crippen molar-refractivity contribution < 1.29 is 17.6 Å². The first-order valence-electron chi connectivity index (χ1n) is 9.46. The average molecular weight is 439 g/mol. The molecule has 0 spiro atoms. The molecule has 0 N–H and O–H groups in total. The molecule has 5 nitrogen and oxygen atoms in total. The van der Waals surface area contributed by atoms with Crippen LogP contribution in [0, 0.1) is 11.7 Å². The zero-order valence-electron chi connectivity index (χ0n) is 16.2. The molecule has 1 amide bonds. The lowest BCUT2D eigenvalue weighted by molar-refractivity contribution is -0.135. The maximum absolute atomic E-state index is 13.0. The molecule has 0 atom stereocenters. The van der Waals surface area contributed by atoms with Crippen LogP contribution in [0.15, 0.2) is 48.5 Å². The van der Waals surface area contributed by atoms with E-state index in [4.69, 9.17) is 11.6 Å². The molecule has 0 aliphatic carbocycles. The number of amides is 1. The van der Waals surface area contributed by atoms with Gasteiger partial charge in [-0.2, -0.15) is 0 Å². The molecular weight excluding hydrogens is 415 g/mol. The minimum absolute atomic E-state index is 0.0236. The van der Waals surface area contributed by atoms with E-state index in [0.717, 1.165) is 5.56 Å². The molecule has 2 aromatic carbocycles. The largest absolute Gasteiger partial charge is 0.341 e. The summed E-state index contributed by atoms with van der Waals surface area (Å²) in [5, 5.41) is 0.650. The Kier molecular flexibility index (Phi) is 6.93. The molecule has 1 fully saturated rings. The number of piperidine rings is 1. The van der Waals surface area contributed by atoms with Crippen LogP contribution in [-0.2, 0) is 27.1 Å². The standard InChI is InChI=1S/C21H24ClFN2O3S/c1-24(14-16-2-6-19(22)7-3-16)21(26)18-10-12-25(13-11-18)29(27,28)15-17-4-8-20(23)9-5-17/h2-9,18H,10-15H2,1H3. The number of benzene rings is 2. The summed E-state index contributed by atoms with van der Waals surface area (Å²) in [4.78, 5) is 14.4. The SMILES string of the molecule is CN(Cc1ccc(Cl)cc1)C(=O)C1CCN(S(=O)(=O)Cc2ccc(F)cc2)CC1. The summed E-state index contributed by atoms with van der Waals surface area (Å²) in [5.41, 5.74) is 1.54. The maximum atomic E-state index is 13.0. The topological polar surface area (TPSA) is 57.7 Å². The van der Waals surface area contributed by atoms with Crippen molar-refractivity contribution in [3.63, 3.8) is 0 Å². The number of carbonyl (C=O) groups is 1. The number of hydrogen-bond donors (Lipinski definition) is 0. The van der Waals surface area contributed by atoms with Gasteiger partial charge in [-0.3, -0.25) is 4.79 Å². The van der Waals surface area contributed by atoms with E-state index in [1.165, 1.54) is 28.6 Å². The van der Waals surface area contributed by atoms with E-state index in [9.17, 15) is 17.6 Å². The van der Waals surface area contributed by atoms with E-state index in [-0.39, 0.29) is 17.6 Å². The van der Waals surface area contributed by atoms with Crippen LogP contribution < -0.4 is 0 Å². The summed E-state index contributed by atoms with van der Waals surface area (Å²) < 4.78 is 39.7. The summed E-state index contributed by atoms with van der Waals surface area (Å²) in [6.07, 6.45) is 0.985. The Morgan fingerprint density at radius 2 is 1.62 bits per heavy atom. The van der Waals surface area contributed by atoms with E-state index < -0.39 is 15.8 Å². The van der Waals surface area contributed by atoms with Crippen LogP contribution in [0.1, 0.15) is 24.0 Å². The molecule has 1 heterocycles. The minimum atomic E-state index is -3.50. The molecule has 3 rings (SSSR count). The fourth-order valence-electron chi connectivity index (χ4n) is 3.52. The molecule has 1 aliphatic heterocycles. The lowest BCUT2D eigenvalue weighted by Gasteiger charge is -2.32. The molecule has 0 bridgehead atoms. The van der Waals surface area contributed by atoms with Crippen molar-refractivity contribution in [2.45, 2.75) is 25.1 Å². The first-order valence-corrected chi connectivity index (χ1v) is 11.4. The first kappa shape index (κ1) is 21.7. The van der Waals surface area contributed by atoms with Crippen molar-refractivity contribution in [3.05, 3.63) is 70.5 Å². The lowest BCUT2D eigenvalue weighted by Crippen LogP contribution is -2.43. The third-order valence-electron chi connectivity index (χ3n) is 5.17. The normalized spacial score (nSPS) is 16.0. The van der Waals surface area contributed by atoms with Gasteiger partial charge < -0.3 is 4.90 Å². The van der Waals surface area contributed by atoms with Gasteiger partial charge in [-0.25, -0.2) is 17.1 Å². The Bertz CT molecular complexity index is 941. The van der Waals surface area contributed by atoms with Crippen LogP contribution in [0.2, 0.25) is 5.02 Å². The highest BCUT2D eigenvalue weighted by Crippen LogP contribution is 2.24. The lowest BCUT2D eigenvalue weighted by atomic mass is 9.96. The Morgan fingerprint density at radius 3 is 2.21 bits per heavy atom. The summed E-state index contributed by atoms with van der Waals surface area (Å²) in [6, 6.07) is 12.8. The van der Waals surface area contributed by atoms with Gasteiger partial charge in [0.05, 0.1) is 5.75 Å². The maximum Gasteiger partial charge on any atom is 0.225 e. The molecule has 0 aromatic heterocycles. The van der Waals surface area contributed by atoms with E-state index in [1.54, 1.807) is 24.1 Å². The number of nitrogens with zero attached hydrogens (tertiary/aromatic N) is 2. The molecule has 2 aromatic rings. The van der Waals surface area contributed by atoms with Crippen LogP contribution in [0.3, 0.4) is 0 Å². The van der Waals surface area contributed by atoms with Gasteiger partial charge in [0.15, 0.2) is 0 Å². The third-order valence-corrected chi connectivity index (χ3v) is 7.27. The highest BCUT2D eigenvalue weighted by Gasteiger charge is 2.32. The predicted molar refractivity (Wildman–Crippen MR) is 111 cm³/mol. The van der Waals surface area contributed by atoms with E-state index in [0.29, 0.717) is 43.1 Å². The van der Waals surface area contributed by atoms with E-state index in [2.05, 4.69) is 0 Å². The number of hydrogen-bond acceptors (Lipinski definition) is 3. The smallest absolute Gasteiger partial charge is 0.225 e. The fourth-order valence-corrected chi connectivity index (χ4v) is 5.21. The Balaban J connectivity index is 1.54. The van der Waals surface area contributed by atoms with Crippen molar-refractivity contribution >= 4 is 27.5 Å². The second-order valence-electron chi connectivity index (χ2n) is 7.38. The number of halogens is 2. The van der Waals surface area contributed by atoms with Crippen molar-refractivity contribution in [1.29, 1.82) is 0 Å². The molecule has 0 saturated carbocycles. The van der Waals surface area contributed by atoms with Crippen LogP contribution >= 0.6 is 11.6 Å². The van der Waals surface area contributed by atoms with Gasteiger partial charge in [-0.05, 0) is 48.2 Å². The van der Waals surface area contributed by atoms with Crippen molar-refractivity contribution in [3.8, 4) is 0 Å². The number of carbonyl (C=O) groups excluding carboxylic acids is 1. The van der Waals surface area contributed by atoms with Crippen molar-refractivity contribution in [2.75, 3.05) is 20.1 Å². The zero-order chi connectivity index (χ0) is 21.0. The summed E-state index contributed by atoms with van der Waals surface area (Å²) in [7, 11) is -1.74. The summed E-state index contributed by atoms with van der Waals surface area (Å²) in [6.45, 7) is 1.11. The third kappa shape index (κ3) is 5.78. The highest BCUT2D eigenvalue weighted by molar-refractivity contribution is 7.88. The zero-order valence-corrected chi connectivity index (χ0v) is 17.8. The van der Waals surface area contributed by atoms with Crippen LogP contribution in [-0.4, -0.2) is 43.7 Å². The van der Waals surface area contributed by atoms with Crippen LogP contribution in [0.4, 0.5) is 4.39 Å². The van der Waals surface area contributed by atoms with E-state index >= 15 is 0 Å². The van der Waals surface area contributed by atoms with Gasteiger partial charge in [-0.1, -0.05) is 35.9 Å². The van der Waals surface area contributed by atoms with Crippen LogP contribution in [0.25, 0.3) is 0 Å². The quantitative estimate of drug-likeness (QED) is 0.691. The first-order chi connectivity index (χ1) is 13.7. The molecule has 29 heavy (non-hydrogen) atoms. The summed E-state index contributed by atoms with van der Waals surface area (Å²) >= 11 is 5.89. The molecule has 8 heteroatoms. The number of rotatable bonds is 6. The summed E-state index contributed by atoms with van der Waals surface area (Å²) in [5.74, 6) is -0.726. The Hall–Kier alpha value is -1.96. The van der Waals surface area contributed by atoms with Gasteiger partial charge in [0.2, 0.25) is 15.9 Å². The molecule has 1 aliphatic rings. The minimum Gasteiger partial charge on any atom is -0.341 e. The monoisotopic (exact) mass is 438 g/mol. The van der Waals surface area contributed by atoms with Crippen molar-refractivity contribution in [2.24, 2.45) is 5.92 Å². The number of sulfonamides is 1. The van der Waals surface area contributed by atoms with Crippen LogP contribution in [0.5, 0.6) is 0 Å². The van der Waals surface area contributed by atoms with Gasteiger partial charge in [0.1, 0.15) is 5.82 Å². The predicted octanol–water partition coefficient (Wildman–Crippen LogP) is 3.68. The molecular formula is C21H24ClFN2O3S. The average Bonchev–Trinajstić information content (AvgIpc) is 2.71. The highest BCUT2D eigenvalue weighted by atomic mass is 35.5. The van der Waals surface area contributed by atoms with Gasteiger partial charge in [0, 0.05) is 37.6 Å². The van der Waals surface area contributed by atoms with Crippen molar-refractivity contribution in [1.82, 2.24) is 9.21 Å². The van der Waals surface area contributed by atoms with Gasteiger partial charge in [0.25, 0.3) is 0 Å². The molecule has 0 radical (unpaired) electrons. The Labute approximate surface area is 176 Å². The fraction of sp³-hybridized carbons (Fsp3) is 0.381. The molecule has 1 saturated heterocycles. The van der Waals surface area contributed by atoms with Gasteiger partial charge >= 0.3 is 0 Å².